The number of aromatic nitrogens is 4. The number of nitrogens with zero attached hydrogens (tertiary/aromatic N) is 4. The van der Waals surface area contributed by atoms with Gasteiger partial charge in [-0.05, 0) is 25.1 Å². The van der Waals surface area contributed by atoms with Gasteiger partial charge < -0.3 is 4.57 Å². The first-order valence-electron chi connectivity index (χ1n) is 9.40. The molecule has 164 valence electrons. The summed E-state index contributed by atoms with van der Waals surface area (Å²) in [6.07, 6.45) is -0.904. The van der Waals surface area contributed by atoms with Crippen molar-refractivity contribution in [1.82, 2.24) is 30.2 Å². The minimum Gasteiger partial charge on any atom is -0.350 e. The fourth-order valence-corrected chi connectivity index (χ4v) is 3.31. The smallest absolute Gasteiger partial charge is 0.350 e. The van der Waals surface area contributed by atoms with E-state index in [9.17, 15) is 22.8 Å². The van der Waals surface area contributed by atoms with Gasteiger partial charge in [0.1, 0.15) is 0 Å². The molecular formula is C21H17F3N6O2. The number of amides is 2. The van der Waals surface area contributed by atoms with Crippen molar-refractivity contribution < 1.29 is 22.8 Å². The van der Waals surface area contributed by atoms with Crippen LogP contribution in [-0.2, 0) is 13.2 Å². The maximum Gasteiger partial charge on any atom is 0.417 e. The molecule has 0 aliphatic rings. The summed E-state index contributed by atoms with van der Waals surface area (Å²) in [5.74, 6) is -1.01. The second-order valence-corrected chi connectivity index (χ2v) is 7.04. The summed E-state index contributed by atoms with van der Waals surface area (Å²) in [7, 11) is 1.81. The molecule has 2 amide bonds. The molecule has 0 bridgehead atoms. The van der Waals surface area contributed by atoms with Crippen LogP contribution >= 0.6 is 0 Å². The number of alkyl halides is 3. The lowest BCUT2D eigenvalue weighted by atomic mass is 10.2. The topological polar surface area (TPSA) is 93.8 Å². The molecule has 32 heavy (non-hydrogen) atoms. The molecule has 4 aromatic rings. The van der Waals surface area contributed by atoms with Crippen molar-refractivity contribution in [3.63, 3.8) is 0 Å². The van der Waals surface area contributed by atoms with Gasteiger partial charge in [-0.3, -0.25) is 20.4 Å². The number of carbonyl (C=O) groups is 2. The molecule has 1 aromatic carbocycles. The molecule has 0 aliphatic carbocycles. The molecule has 0 atom stereocenters. The first-order chi connectivity index (χ1) is 15.2. The third-order valence-corrected chi connectivity index (χ3v) is 4.98. The van der Waals surface area contributed by atoms with Gasteiger partial charge in [0.05, 0.1) is 28.6 Å². The van der Waals surface area contributed by atoms with Crippen LogP contribution in [0.25, 0.3) is 16.7 Å². The second-order valence-electron chi connectivity index (χ2n) is 7.04. The molecule has 3 aromatic heterocycles. The highest BCUT2D eigenvalue weighted by Gasteiger charge is 2.31. The lowest BCUT2D eigenvalue weighted by Crippen LogP contribution is -2.41. The summed E-state index contributed by atoms with van der Waals surface area (Å²) in [6.45, 7) is 1.56. The van der Waals surface area contributed by atoms with Gasteiger partial charge in [0.25, 0.3) is 11.8 Å². The van der Waals surface area contributed by atoms with Crippen molar-refractivity contribution in [2.75, 3.05) is 0 Å². The van der Waals surface area contributed by atoms with Crippen molar-refractivity contribution in [1.29, 1.82) is 0 Å². The summed E-state index contributed by atoms with van der Waals surface area (Å²) < 4.78 is 41.2. The Morgan fingerprint density at radius 1 is 0.969 bits per heavy atom. The molecule has 0 spiro atoms. The fourth-order valence-electron chi connectivity index (χ4n) is 3.31. The van der Waals surface area contributed by atoms with Crippen LogP contribution in [0, 0.1) is 6.92 Å². The number of hydrazine groups is 1. The minimum atomic E-state index is -4.50. The van der Waals surface area contributed by atoms with Gasteiger partial charge in [-0.25, -0.2) is 9.67 Å². The molecule has 11 heteroatoms. The van der Waals surface area contributed by atoms with E-state index in [0.717, 1.165) is 23.0 Å². The molecule has 0 aliphatic heterocycles. The predicted molar refractivity (Wildman–Crippen MR) is 109 cm³/mol. The zero-order chi connectivity index (χ0) is 23.0. The number of halogens is 3. The maximum absolute atomic E-state index is 12.7. The van der Waals surface area contributed by atoms with Crippen LogP contribution in [-0.4, -0.2) is 31.1 Å². The molecular weight excluding hydrogens is 425 g/mol. The van der Waals surface area contributed by atoms with Crippen molar-refractivity contribution in [2.24, 2.45) is 7.05 Å². The average Bonchev–Trinajstić information content (AvgIpc) is 3.32. The fraction of sp³-hybridized carbons (Fsp3) is 0.143. The standard InChI is InChI=1S/C21H17F3N6O2/c1-12-15(10-26-30(12)18-8-7-13(9-25-18)21(22,23)24)19(31)27-28-20(32)16-11-29(2)17-6-4-3-5-14(16)17/h3-11H,1-2H3,(H,27,31)(H,28,32). The lowest BCUT2D eigenvalue weighted by molar-refractivity contribution is -0.137. The number of pyridine rings is 1. The molecule has 0 saturated carbocycles. The van der Waals surface area contributed by atoms with E-state index in [2.05, 4.69) is 20.9 Å². The largest absolute Gasteiger partial charge is 0.417 e. The van der Waals surface area contributed by atoms with Crippen molar-refractivity contribution in [3.05, 3.63) is 77.4 Å². The number of rotatable bonds is 3. The van der Waals surface area contributed by atoms with E-state index in [-0.39, 0.29) is 11.4 Å². The first kappa shape index (κ1) is 21.1. The summed E-state index contributed by atoms with van der Waals surface area (Å²) >= 11 is 0. The van der Waals surface area contributed by atoms with E-state index in [0.29, 0.717) is 17.5 Å². The molecule has 0 radical (unpaired) electrons. The quantitative estimate of drug-likeness (QED) is 0.477. The van der Waals surface area contributed by atoms with Crippen LogP contribution in [0.2, 0.25) is 0 Å². The normalized spacial score (nSPS) is 11.5. The maximum atomic E-state index is 12.7. The van der Waals surface area contributed by atoms with Crippen LogP contribution in [0.1, 0.15) is 32.0 Å². The zero-order valence-electron chi connectivity index (χ0n) is 16.9. The molecule has 0 unspecified atom stereocenters. The Kier molecular flexibility index (Phi) is 5.17. The SMILES string of the molecule is Cc1c(C(=O)NNC(=O)c2cn(C)c3ccccc23)cnn1-c1ccc(C(F)(F)F)cn1. The Morgan fingerprint density at radius 3 is 2.31 bits per heavy atom. The van der Waals surface area contributed by atoms with Gasteiger partial charge in [-0.15, -0.1) is 0 Å². The van der Waals surface area contributed by atoms with Crippen molar-refractivity contribution in [3.8, 4) is 5.82 Å². The van der Waals surface area contributed by atoms with Crippen LogP contribution in [0.5, 0.6) is 0 Å². The minimum absolute atomic E-state index is 0.120. The molecule has 8 nitrogen and oxygen atoms in total. The number of fused-ring (bicyclic) bond motifs is 1. The first-order valence-corrected chi connectivity index (χ1v) is 9.40. The number of hydrogen-bond acceptors (Lipinski definition) is 4. The van der Waals surface area contributed by atoms with Crippen LogP contribution < -0.4 is 10.9 Å². The van der Waals surface area contributed by atoms with E-state index < -0.39 is 23.6 Å². The van der Waals surface area contributed by atoms with Gasteiger partial charge in [-0.1, -0.05) is 18.2 Å². The number of aryl methyl sites for hydroxylation is 1. The van der Waals surface area contributed by atoms with Gasteiger partial charge >= 0.3 is 6.18 Å². The summed E-state index contributed by atoms with van der Waals surface area (Å²) in [5, 5.41) is 4.76. The number of hydrogen-bond donors (Lipinski definition) is 2. The number of para-hydroxylation sites is 1. The van der Waals surface area contributed by atoms with Gasteiger partial charge in [0.2, 0.25) is 0 Å². The Bertz CT molecular complexity index is 1320. The van der Waals surface area contributed by atoms with Crippen LogP contribution in [0.4, 0.5) is 13.2 Å². The Balaban J connectivity index is 1.49. The highest BCUT2D eigenvalue weighted by molar-refractivity contribution is 6.08. The summed E-state index contributed by atoms with van der Waals surface area (Å²) in [6, 6.07) is 9.39. The number of benzene rings is 1. The predicted octanol–water partition coefficient (Wildman–Crippen LogP) is 3.16. The second kappa shape index (κ2) is 7.84. The molecule has 0 saturated heterocycles. The van der Waals surface area contributed by atoms with Gasteiger partial charge in [0, 0.05) is 30.3 Å². The van der Waals surface area contributed by atoms with Crippen LogP contribution in [0.15, 0.2) is 55.0 Å². The summed E-state index contributed by atoms with van der Waals surface area (Å²) in [5.41, 5.74) is 5.55. The monoisotopic (exact) mass is 442 g/mol. The third-order valence-electron chi connectivity index (χ3n) is 4.98. The van der Waals surface area contributed by atoms with Gasteiger partial charge in [-0.2, -0.15) is 18.3 Å². The average molecular weight is 442 g/mol. The van der Waals surface area contributed by atoms with E-state index in [1.165, 1.54) is 10.9 Å². The lowest BCUT2D eigenvalue weighted by Gasteiger charge is -2.09. The number of nitrogens with one attached hydrogen (secondary N) is 2. The van der Waals surface area contributed by atoms with E-state index >= 15 is 0 Å². The summed E-state index contributed by atoms with van der Waals surface area (Å²) in [4.78, 5) is 28.9. The number of carbonyl (C=O) groups excluding carboxylic acids is 2. The van der Waals surface area contributed by atoms with E-state index in [1.54, 1.807) is 23.8 Å². The molecule has 0 fully saturated rings. The van der Waals surface area contributed by atoms with E-state index in [4.69, 9.17) is 0 Å². The highest BCUT2D eigenvalue weighted by atomic mass is 19.4. The van der Waals surface area contributed by atoms with Crippen molar-refractivity contribution >= 4 is 22.7 Å². The molecule has 3 heterocycles. The molecule has 4 rings (SSSR count). The Hall–Kier alpha value is -4.15. The van der Waals surface area contributed by atoms with Crippen LogP contribution in [0.3, 0.4) is 0 Å². The Labute approximate surface area is 179 Å². The van der Waals surface area contributed by atoms with Gasteiger partial charge in [0.15, 0.2) is 5.82 Å². The van der Waals surface area contributed by atoms with E-state index in [1.807, 2.05) is 25.2 Å². The third kappa shape index (κ3) is 3.80. The van der Waals surface area contributed by atoms with Crippen molar-refractivity contribution in [2.45, 2.75) is 13.1 Å². The highest BCUT2D eigenvalue weighted by Crippen LogP contribution is 2.28. The zero-order valence-corrected chi connectivity index (χ0v) is 16.9. The molecule has 2 N–H and O–H groups in total. The Morgan fingerprint density at radius 2 is 1.66 bits per heavy atom.